The quantitative estimate of drug-likeness (QED) is 0.816. The van der Waals surface area contributed by atoms with Gasteiger partial charge in [-0.25, -0.2) is 8.42 Å². The second kappa shape index (κ2) is 4.57. The lowest BCUT2D eigenvalue weighted by atomic mass is 10.2. The second-order valence-electron chi connectivity index (χ2n) is 3.38. The number of aliphatic hydroxyl groups excluding tert-OH is 1. The second-order valence-corrected chi connectivity index (χ2v) is 5.42. The van der Waals surface area contributed by atoms with Crippen molar-refractivity contribution in [2.24, 2.45) is 5.92 Å². The fraction of sp³-hybridized carbons (Fsp3) is 0.400. The molecule has 0 saturated heterocycles. The third-order valence-corrected chi connectivity index (χ3v) is 3.92. The van der Waals surface area contributed by atoms with Crippen LogP contribution >= 0.6 is 0 Å². The molecule has 4 heteroatoms. The van der Waals surface area contributed by atoms with E-state index >= 15 is 0 Å². The third-order valence-electron chi connectivity index (χ3n) is 1.92. The zero-order valence-corrected chi connectivity index (χ0v) is 8.87. The lowest BCUT2D eigenvalue weighted by Gasteiger charge is -2.08. The summed E-state index contributed by atoms with van der Waals surface area (Å²) >= 11 is 0. The summed E-state index contributed by atoms with van der Waals surface area (Å²) < 4.78 is 23.4. The van der Waals surface area contributed by atoms with Crippen molar-refractivity contribution >= 4 is 9.84 Å². The van der Waals surface area contributed by atoms with Crippen molar-refractivity contribution in [2.75, 3.05) is 12.4 Å². The van der Waals surface area contributed by atoms with Gasteiger partial charge in [0, 0.05) is 6.61 Å². The molecule has 14 heavy (non-hydrogen) atoms. The molecule has 0 aromatic heterocycles. The van der Waals surface area contributed by atoms with Gasteiger partial charge in [0.15, 0.2) is 9.84 Å². The molecule has 1 aromatic carbocycles. The molecular formula is C10H14O3S. The molecule has 1 atom stereocenters. The van der Waals surface area contributed by atoms with Gasteiger partial charge in [-0.05, 0) is 18.1 Å². The van der Waals surface area contributed by atoms with Gasteiger partial charge in [-0.1, -0.05) is 25.1 Å². The van der Waals surface area contributed by atoms with Crippen molar-refractivity contribution in [2.45, 2.75) is 11.8 Å². The first-order valence-corrected chi connectivity index (χ1v) is 6.10. The minimum absolute atomic E-state index is 0.00644. The summed E-state index contributed by atoms with van der Waals surface area (Å²) in [4.78, 5) is 0.320. The Bertz CT molecular complexity index is 370. The first-order chi connectivity index (χ1) is 6.56. The van der Waals surface area contributed by atoms with Crippen LogP contribution in [-0.4, -0.2) is 25.9 Å². The monoisotopic (exact) mass is 214 g/mol. The van der Waals surface area contributed by atoms with Crippen molar-refractivity contribution < 1.29 is 13.5 Å². The van der Waals surface area contributed by atoms with E-state index in [1.165, 1.54) is 0 Å². The topological polar surface area (TPSA) is 54.4 Å². The highest BCUT2D eigenvalue weighted by molar-refractivity contribution is 7.91. The molecule has 1 aromatic rings. The van der Waals surface area contributed by atoms with Gasteiger partial charge in [-0.3, -0.25) is 0 Å². The smallest absolute Gasteiger partial charge is 0.178 e. The molecule has 0 aliphatic rings. The van der Waals surface area contributed by atoms with Gasteiger partial charge >= 0.3 is 0 Å². The van der Waals surface area contributed by atoms with Crippen LogP contribution in [0.2, 0.25) is 0 Å². The van der Waals surface area contributed by atoms with Crippen LogP contribution in [0.3, 0.4) is 0 Å². The molecule has 0 spiro atoms. The van der Waals surface area contributed by atoms with E-state index in [0.717, 1.165) is 0 Å². The summed E-state index contributed by atoms with van der Waals surface area (Å²) in [7, 11) is -3.23. The summed E-state index contributed by atoms with van der Waals surface area (Å²) in [6.07, 6.45) is 0. The lowest BCUT2D eigenvalue weighted by molar-refractivity contribution is 0.249. The Labute approximate surface area is 84.3 Å². The Kier molecular flexibility index (Phi) is 3.66. The van der Waals surface area contributed by atoms with Crippen LogP contribution in [-0.2, 0) is 9.84 Å². The highest BCUT2D eigenvalue weighted by Crippen LogP contribution is 2.13. The number of hydrogen-bond donors (Lipinski definition) is 1. The van der Waals surface area contributed by atoms with Crippen LogP contribution in [0.4, 0.5) is 0 Å². The van der Waals surface area contributed by atoms with Crippen LogP contribution < -0.4 is 0 Å². The average Bonchev–Trinajstić information content (AvgIpc) is 2.18. The molecule has 3 nitrogen and oxygen atoms in total. The van der Waals surface area contributed by atoms with Crippen LogP contribution in [0, 0.1) is 5.92 Å². The van der Waals surface area contributed by atoms with E-state index in [-0.39, 0.29) is 18.3 Å². The average molecular weight is 214 g/mol. The maximum Gasteiger partial charge on any atom is 0.178 e. The summed E-state index contributed by atoms with van der Waals surface area (Å²) in [6, 6.07) is 8.29. The van der Waals surface area contributed by atoms with Crippen molar-refractivity contribution in [3.8, 4) is 0 Å². The molecule has 78 valence electrons. The fourth-order valence-electron chi connectivity index (χ4n) is 1.15. The molecule has 0 amide bonds. The normalized spacial score (nSPS) is 13.9. The van der Waals surface area contributed by atoms with Gasteiger partial charge in [-0.15, -0.1) is 0 Å². The molecule has 0 heterocycles. The maximum absolute atomic E-state index is 11.7. The van der Waals surface area contributed by atoms with E-state index in [9.17, 15) is 8.42 Å². The zero-order chi connectivity index (χ0) is 10.6. The molecule has 0 saturated carbocycles. The number of sulfone groups is 1. The number of rotatable bonds is 4. The Balaban J connectivity index is 2.87. The first-order valence-electron chi connectivity index (χ1n) is 4.45. The van der Waals surface area contributed by atoms with Crippen LogP contribution in [0.5, 0.6) is 0 Å². The minimum Gasteiger partial charge on any atom is -0.396 e. The third kappa shape index (κ3) is 2.82. The van der Waals surface area contributed by atoms with Crippen molar-refractivity contribution in [3.63, 3.8) is 0 Å². The largest absolute Gasteiger partial charge is 0.396 e. The molecule has 0 radical (unpaired) electrons. The van der Waals surface area contributed by atoms with E-state index in [4.69, 9.17) is 5.11 Å². The molecule has 0 bridgehead atoms. The predicted molar refractivity (Wildman–Crippen MR) is 54.7 cm³/mol. The van der Waals surface area contributed by atoms with E-state index in [1.807, 2.05) is 0 Å². The van der Waals surface area contributed by atoms with Gasteiger partial charge in [0.2, 0.25) is 0 Å². The number of benzene rings is 1. The number of hydrogen-bond acceptors (Lipinski definition) is 3. The van der Waals surface area contributed by atoms with Gasteiger partial charge < -0.3 is 5.11 Å². The first kappa shape index (κ1) is 11.2. The van der Waals surface area contributed by atoms with E-state index in [1.54, 1.807) is 37.3 Å². The van der Waals surface area contributed by atoms with Crippen LogP contribution in [0.1, 0.15) is 6.92 Å². The van der Waals surface area contributed by atoms with Gasteiger partial charge in [0.1, 0.15) is 0 Å². The summed E-state index contributed by atoms with van der Waals surface area (Å²) in [6.45, 7) is 1.60. The number of aliphatic hydroxyl groups is 1. The van der Waals surface area contributed by atoms with Crippen LogP contribution in [0.25, 0.3) is 0 Å². The van der Waals surface area contributed by atoms with E-state index in [2.05, 4.69) is 0 Å². The molecular weight excluding hydrogens is 200 g/mol. The molecule has 1 rings (SSSR count). The summed E-state index contributed by atoms with van der Waals surface area (Å²) in [5.41, 5.74) is 0. The molecule has 0 fully saturated rings. The highest BCUT2D eigenvalue weighted by Gasteiger charge is 2.17. The van der Waals surface area contributed by atoms with E-state index < -0.39 is 9.84 Å². The maximum atomic E-state index is 11.7. The van der Waals surface area contributed by atoms with Gasteiger partial charge in [-0.2, -0.15) is 0 Å². The summed E-state index contributed by atoms with van der Waals surface area (Å²) in [5.74, 6) is -0.228. The Hall–Kier alpha value is -0.870. The minimum atomic E-state index is -3.23. The lowest BCUT2D eigenvalue weighted by Crippen LogP contribution is -2.16. The fourth-order valence-corrected chi connectivity index (χ4v) is 2.77. The van der Waals surface area contributed by atoms with E-state index in [0.29, 0.717) is 4.90 Å². The highest BCUT2D eigenvalue weighted by atomic mass is 32.2. The molecule has 0 aliphatic carbocycles. The Morgan fingerprint density at radius 1 is 1.29 bits per heavy atom. The van der Waals surface area contributed by atoms with Crippen LogP contribution in [0.15, 0.2) is 35.2 Å². The van der Waals surface area contributed by atoms with Crippen molar-refractivity contribution in [1.82, 2.24) is 0 Å². The molecule has 0 unspecified atom stereocenters. The van der Waals surface area contributed by atoms with Gasteiger partial charge in [0.25, 0.3) is 0 Å². The Morgan fingerprint density at radius 3 is 2.36 bits per heavy atom. The standard InChI is InChI=1S/C10H14O3S/c1-9(7-11)8-14(12,13)10-5-3-2-4-6-10/h2-6,9,11H,7-8H2,1H3/t9-/m1/s1. The SMILES string of the molecule is C[C@H](CO)CS(=O)(=O)c1ccccc1. The molecule has 0 aliphatic heterocycles. The predicted octanol–water partition coefficient (Wildman–Crippen LogP) is 1.09. The van der Waals surface area contributed by atoms with Crippen molar-refractivity contribution in [1.29, 1.82) is 0 Å². The summed E-state index contributed by atoms with van der Waals surface area (Å²) in [5, 5.41) is 8.78. The zero-order valence-electron chi connectivity index (χ0n) is 8.05. The van der Waals surface area contributed by atoms with Gasteiger partial charge in [0.05, 0.1) is 10.6 Å². The molecule has 1 N–H and O–H groups in total. The Morgan fingerprint density at radius 2 is 1.86 bits per heavy atom. The van der Waals surface area contributed by atoms with Crippen molar-refractivity contribution in [3.05, 3.63) is 30.3 Å².